The zero-order chi connectivity index (χ0) is 19.7. The molecular formula is C21H18BrFN2O3. The Morgan fingerprint density at radius 1 is 1.25 bits per heavy atom. The van der Waals surface area contributed by atoms with E-state index in [0.29, 0.717) is 33.2 Å². The first kappa shape index (κ1) is 18.8. The van der Waals surface area contributed by atoms with Gasteiger partial charge in [-0.05, 0) is 37.1 Å². The van der Waals surface area contributed by atoms with Gasteiger partial charge in [-0.3, -0.25) is 14.2 Å². The van der Waals surface area contributed by atoms with Crippen LogP contribution in [-0.4, -0.2) is 15.5 Å². The quantitative estimate of drug-likeness (QED) is 0.531. The van der Waals surface area contributed by atoms with E-state index in [1.165, 1.54) is 6.07 Å². The fourth-order valence-corrected chi connectivity index (χ4v) is 3.49. The molecule has 0 atom stereocenters. The molecule has 1 heterocycles. The van der Waals surface area contributed by atoms with Gasteiger partial charge in [0.2, 0.25) is 0 Å². The third-order valence-corrected chi connectivity index (χ3v) is 5.24. The van der Waals surface area contributed by atoms with Crippen LogP contribution in [0.15, 0.2) is 51.7 Å². The molecule has 0 aliphatic heterocycles. The molecule has 0 spiro atoms. The molecule has 1 saturated carbocycles. The molecule has 3 aromatic rings. The zero-order valence-electron chi connectivity index (χ0n) is 15.0. The summed E-state index contributed by atoms with van der Waals surface area (Å²) in [5.41, 5.74) is 0.883. The van der Waals surface area contributed by atoms with Gasteiger partial charge in [0.1, 0.15) is 18.2 Å². The third-order valence-electron chi connectivity index (χ3n) is 4.75. The number of carbonyl (C=O) groups excluding carboxylic acids is 1. The summed E-state index contributed by atoms with van der Waals surface area (Å²) in [6, 6.07) is 12.0. The van der Waals surface area contributed by atoms with Crippen molar-refractivity contribution < 1.29 is 13.9 Å². The average Bonchev–Trinajstić information content (AvgIpc) is 3.50. The molecule has 7 heteroatoms. The fraction of sp³-hybridized carbons (Fsp3) is 0.286. The van der Waals surface area contributed by atoms with Crippen molar-refractivity contribution in [3.63, 3.8) is 0 Å². The van der Waals surface area contributed by atoms with Crippen molar-refractivity contribution in [3.8, 4) is 0 Å². The molecule has 0 unspecified atom stereocenters. The highest BCUT2D eigenvalue weighted by Gasteiger charge is 2.28. The van der Waals surface area contributed by atoms with E-state index in [0.717, 1.165) is 12.8 Å². The third kappa shape index (κ3) is 3.99. The predicted molar refractivity (Wildman–Crippen MR) is 106 cm³/mol. The van der Waals surface area contributed by atoms with Crippen LogP contribution in [0.3, 0.4) is 0 Å². The minimum absolute atomic E-state index is 0.0617. The lowest BCUT2D eigenvalue weighted by atomic mass is 10.2. The number of hydrogen-bond acceptors (Lipinski definition) is 4. The summed E-state index contributed by atoms with van der Waals surface area (Å²) in [4.78, 5) is 29.6. The van der Waals surface area contributed by atoms with E-state index in [1.807, 2.05) is 12.1 Å². The van der Waals surface area contributed by atoms with Gasteiger partial charge in [-0.2, -0.15) is 0 Å². The van der Waals surface area contributed by atoms with Crippen LogP contribution in [-0.2, 0) is 22.6 Å². The topological polar surface area (TPSA) is 61.2 Å². The average molecular weight is 445 g/mol. The number of halogens is 2. The lowest BCUT2D eigenvalue weighted by molar-refractivity contribution is -0.145. The maximum atomic E-state index is 13.8. The van der Waals surface area contributed by atoms with Crippen LogP contribution in [0.25, 0.3) is 10.9 Å². The van der Waals surface area contributed by atoms with Crippen molar-refractivity contribution in [1.29, 1.82) is 0 Å². The standard InChI is InChI=1S/C21H18BrFN2O3/c22-14-6-5-13(17(23)11-14)12-28-20(26)10-9-19-24-18-4-2-1-3-16(18)21(27)25(19)15-7-8-15/h1-6,11,15H,7-10,12H2. The molecule has 0 saturated heterocycles. The normalized spacial score (nSPS) is 13.6. The Morgan fingerprint density at radius 2 is 2.04 bits per heavy atom. The van der Waals surface area contributed by atoms with Crippen molar-refractivity contribution in [2.24, 2.45) is 0 Å². The zero-order valence-corrected chi connectivity index (χ0v) is 16.6. The second kappa shape index (κ2) is 7.83. The highest BCUT2D eigenvalue weighted by molar-refractivity contribution is 9.10. The number of rotatable bonds is 6. The molecule has 1 aliphatic rings. The lowest BCUT2D eigenvalue weighted by Gasteiger charge is -2.13. The van der Waals surface area contributed by atoms with Gasteiger partial charge in [-0.25, -0.2) is 9.37 Å². The smallest absolute Gasteiger partial charge is 0.306 e. The van der Waals surface area contributed by atoms with E-state index in [9.17, 15) is 14.0 Å². The molecule has 0 bridgehead atoms. The molecule has 4 rings (SSSR count). The molecule has 0 radical (unpaired) electrons. The van der Waals surface area contributed by atoms with Crippen molar-refractivity contribution in [2.45, 2.75) is 38.3 Å². The Labute approximate surface area is 169 Å². The van der Waals surface area contributed by atoms with E-state index in [4.69, 9.17) is 4.74 Å². The Bertz CT molecular complexity index is 1110. The molecule has 0 amide bonds. The Balaban J connectivity index is 1.47. The van der Waals surface area contributed by atoms with Crippen molar-refractivity contribution in [1.82, 2.24) is 9.55 Å². The number of ether oxygens (including phenoxy) is 1. The van der Waals surface area contributed by atoms with Gasteiger partial charge in [0, 0.05) is 22.5 Å². The Hall–Kier alpha value is -2.54. The SMILES string of the molecule is O=C(CCc1nc2ccccc2c(=O)n1C1CC1)OCc1ccc(Br)cc1F. The summed E-state index contributed by atoms with van der Waals surface area (Å²) in [6.45, 7) is -0.126. The second-order valence-corrected chi connectivity index (χ2v) is 7.76. The summed E-state index contributed by atoms with van der Waals surface area (Å²) in [5, 5.41) is 0.589. The van der Waals surface area contributed by atoms with Gasteiger partial charge in [-0.15, -0.1) is 0 Å². The number of hydrogen-bond donors (Lipinski definition) is 0. The summed E-state index contributed by atoms with van der Waals surface area (Å²) < 4.78 is 21.4. The van der Waals surface area contributed by atoms with Gasteiger partial charge in [0.25, 0.3) is 5.56 Å². The molecule has 0 N–H and O–H groups in total. The molecular weight excluding hydrogens is 427 g/mol. The molecule has 1 aliphatic carbocycles. The van der Waals surface area contributed by atoms with Crippen LogP contribution in [0.2, 0.25) is 0 Å². The van der Waals surface area contributed by atoms with Crippen LogP contribution in [0.1, 0.15) is 36.7 Å². The highest BCUT2D eigenvalue weighted by atomic mass is 79.9. The summed E-state index contributed by atoms with van der Waals surface area (Å²) in [5.74, 6) is -0.286. The minimum Gasteiger partial charge on any atom is -0.461 e. The van der Waals surface area contributed by atoms with Crippen LogP contribution >= 0.6 is 15.9 Å². The molecule has 144 valence electrons. The summed E-state index contributed by atoms with van der Waals surface area (Å²) >= 11 is 3.19. The van der Waals surface area contributed by atoms with Crippen LogP contribution in [0.5, 0.6) is 0 Å². The number of nitrogens with zero attached hydrogens (tertiary/aromatic N) is 2. The molecule has 1 fully saturated rings. The van der Waals surface area contributed by atoms with Crippen LogP contribution in [0, 0.1) is 5.82 Å². The number of para-hydroxylation sites is 1. The second-order valence-electron chi connectivity index (χ2n) is 6.85. The molecule has 1 aromatic heterocycles. The maximum absolute atomic E-state index is 13.8. The van der Waals surface area contributed by atoms with Crippen molar-refractivity contribution in [3.05, 3.63) is 74.5 Å². The first-order chi connectivity index (χ1) is 13.5. The summed E-state index contributed by atoms with van der Waals surface area (Å²) in [6.07, 6.45) is 2.27. The van der Waals surface area contributed by atoms with E-state index in [1.54, 1.807) is 28.8 Å². The first-order valence-electron chi connectivity index (χ1n) is 9.12. The molecule has 2 aromatic carbocycles. The van der Waals surface area contributed by atoms with Gasteiger partial charge >= 0.3 is 5.97 Å². The number of benzene rings is 2. The monoisotopic (exact) mass is 444 g/mol. The van der Waals surface area contributed by atoms with Crippen LogP contribution < -0.4 is 5.56 Å². The summed E-state index contributed by atoms with van der Waals surface area (Å²) in [7, 11) is 0. The molecule has 5 nitrogen and oxygen atoms in total. The van der Waals surface area contributed by atoms with Gasteiger partial charge in [0.15, 0.2) is 0 Å². The van der Waals surface area contributed by atoms with Crippen LogP contribution in [0.4, 0.5) is 4.39 Å². The Morgan fingerprint density at radius 3 is 2.79 bits per heavy atom. The Kier molecular flexibility index (Phi) is 5.26. The van der Waals surface area contributed by atoms with Gasteiger partial charge in [0.05, 0.1) is 17.3 Å². The highest BCUT2D eigenvalue weighted by Crippen LogP contribution is 2.34. The number of aromatic nitrogens is 2. The fourth-order valence-electron chi connectivity index (χ4n) is 3.16. The predicted octanol–water partition coefficient (Wildman–Crippen LogP) is 4.31. The van der Waals surface area contributed by atoms with E-state index in [2.05, 4.69) is 20.9 Å². The minimum atomic E-state index is -0.452. The maximum Gasteiger partial charge on any atom is 0.306 e. The molecule has 28 heavy (non-hydrogen) atoms. The number of carbonyl (C=O) groups is 1. The van der Waals surface area contributed by atoms with E-state index >= 15 is 0 Å². The van der Waals surface area contributed by atoms with Gasteiger partial charge in [-0.1, -0.05) is 34.1 Å². The number of fused-ring (bicyclic) bond motifs is 1. The lowest BCUT2D eigenvalue weighted by Crippen LogP contribution is -2.25. The van der Waals surface area contributed by atoms with Crippen molar-refractivity contribution in [2.75, 3.05) is 0 Å². The largest absolute Gasteiger partial charge is 0.461 e. The van der Waals surface area contributed by atoms with Crippen molar-refractivity contribution >= 4 is 32.8 Å². The van der Waals surface area contributed by atoms with E-state index in [-0.39, 0.29) is 24.6 Å². The number of aryl methyl sites for hydroxylation is 1. The van der Waals surface area contributed by atoms with E-state index < -0.39 is 11.8 Å². The number of esters is 1. The first-order valence-corrected chi connectivity index (χ1v) is 9.92. The van der Waals surface area contributed by atoms with Gasteiger partial charge < -0.3 is 4.74 Å².